The molecule has 110 valence electrons. The van der Waals surface area contributed by atoms with Crippen LogP contribution in [0.2, 0.25) is 0 Å². The van der Waals surface area contributed by atoms with Crippen LogP contribution in [0.4, 0.5) is 0 Å². The SMILES string of the molecule is CC(C)c1cc(Br)ccc1OCC(=O)C1CCCCC1. The molecule has 0 N–H and O–H groups in total. The zero-order valence-electron chi connectivity index (χ0n) is 12.3. The Morgan fingerprint density at radius 2 is 2.00 bits per heavy atom. The summed E-state index contributed by atoms with van der Waals surface area (Å²) < 4.78 is 6.85. The number of rotatable bonds is 5. The van der Waals surface area contributed by atoms with E-state index in [1.54, 1.807) is 0 Å². The van der Waals surface area contributed by atoms with E-state index in [4.69, 9.17) is 4.74 Å². The lowest BCUT2D eigenvalue weighted by molar-refractivity contribution is -0.125. The summed E-state index contributed by atoms with van der Waals surface area (Å²) in [4.78, 5) is 12.2. The predicted molar refractivity (Wildman–Crippen MR) is 85.3 cm³/mol. The first-order valence-corrected chi connectivity index (χ1v) is 8.32. The van der Waals surface area contributed by atoms with Gasteiger partial charge in [0.25, 0.3) is 0 Å². The predicted octanol–water partition coefficient (Wildman–Crippen LogP) is 5.10. The highest BCUT2D eigenvalue weighted by Gasteiger charge is 2.21. The monoisotopic (exact) mass is 338 g/mol. The fourth-order valence-corrected chi connectivity index (χ4v) is 3.17. The van der Waals surface area contributed by atoms with Gasteiger partial charge in [0, 0.05) is 10.4 Å². The van der Waals surface area contributed by atoms with Crippen LogP contribution in [-0.4, -0.2) is 12.4 Å². The normalized spacial score (nSPS) is 16.4. The largest absolute Gasteiger partial charge is 0.486 e. The molecule has 1 aromatic carbocycles. The van der Waals surface area contributed by atoms with E-state index in [2.05, 4.69) is 35.8 Å². The topological polar surface area (TPSA) is 26.3 Å². The number of hydrogen-bond acceptors (Lipinski definition) is 2. The molecule has 0 unspecified atom stereocenters. The molecule has 0 aromatic heterocycles. The molecule has 0 saturated heterocycles. The van der Waals surface area contributed by atoms with E-state index in [9.17, 15) is 4.79 Å². The van der Waals surface area contributed by atoms with Gasteiger partial charge in [-0.25, -0.2) is 0 Å². The summed E-state index contributed by atoms with van der Waals surface area (Å²) in [7, 11) is 0. The van der Waals surface area contributed by atoms with E-state index >= 15 is 0 Å². The summed E-state index contributed by atoms with van der Waals surface area (Å²) in [6.45, 7) is 4.49. The Balaban J connectivity index is 1.98. The second-order valence-corrected chi connectivity index (χ2v) is 6.84. The Bertz CT molecular complexity index is 462. The van der Waals surface area contributed by atoms with Crippen LogP contribution in [-0.2, 0) is 4.79 Å². The molecule has 1 aliphatic carbocycles. The minimum atomic E-state index is 0.214. The van der Waals surface area contributed by atoms with Gasteiger partial charge in [0.15, 0.2) is 5.78 Å². The molecule has 1 fully saturated rings. The van der Waals surface area contributed by atoms with Gasteiger partial charge >= 0.3 is 0 Å². The molecular formula is C17H23BrO2. The maximum atomic E-state index is 12.2. The first-order valence-electron chi connectivity index (χ1n) is 7.53. The number of Topliss-reactive ketones (excluding diaryl/α,β-unsaturated/α-hetero) is 1. The van der Waals surface area contributed by atoms with E-state index in [1.807, 2.05) is 12.1 Å². The van der Waals surface area contributed by atoms with Crippen molar-refractivity contribution in [3.8, 4) is 5.75 Å². The third-order valence-electron chi connectivity index (χ3n) is 4.02. The first-order chi connectivity index (χ1) is 9.58. The summed E-state index contributed by atoms with van der Waals surface area (Å²) in [5.41, 5.74) is 1.15. The minimum absolute atomic E-state index is 0.214. The number of carbonyl (C=O) groups excluding carboxylic acids is 1. The van der Waals surface area contributed by atoms with Gasteiger partial charge in [-0.3, -0.25) is 4.79 Å². The standard InChI is InChI=1S/C17H23BrO2/c1-12(2)15-10-14(18)8-9-17(15)20-11-16(19)13-6-4-3-5-7-13/h8-10,12-13H,3-7,11H2,1-2H3. The summed E-state index contributed by atoms with van der Waals surface area (Å²) in [5.74, 6) is 1.71. The van der Waals surface area contributed by atoms with Crippen molar-refractivity contribution in [1.82, 2.24) is 0 Å². The van der Waals surface area contributed by atoms with Crippen molar-refractivity contribution in [2.75, 3.05) is 6.61 Å². The molecule has 0 spiro atoms. The third-order valence-corrected chi connectivity index (χ3v) is 4.52. The summed E-state index contributed by atoms with van der Waals surface area (Å²) in [6, 6.07) is 5.99. The lowest BCUT2D eigenvalue weighted by atomic mass is 9.86. The lowest BCUT2D eigenvalue weighted by Gasteiger charge is -2.21. The maximum Gasteiger partial charge on any atom is 0.173 e. The van der Waals surface area contributed by atoms with E-state index in [0.717, 1.165) is 28.6 Å². The molecule has 1 aliphatic rings. The Kier molecular flexibility index (Phi) is 5.64. The summed E-state index contributed by atoms with van der Waals surface area (Å²) in [5, 5.41) is 0. The number of benzene rings is 1. The van der Waals surface area contributed by atoms with Gasteiger partial charge in [-0.1, -0.05) is 49.0 Å². The fraction of sp³-hybridized carbons (Fsp3) is 0.588. The van der Waals surface area contributed by atoms with E-state index in [1.165, 1.54) is 19.3 Å². The van der Waals surface area contributed by atoms with Gasteiger partial charge in [-0.15, -0.1) is 0 Å². The summed E-state index contributed by atoms with van der Waals surface area (Å²) >= 11 is 3.48. The smallest absolute Gasteiger partial charge is 0.173 e. The second kappa shape index (κ2) is 7.26. The minimum Gasteiger partial charge on any atom is -0.486 e. The average Bonchev–Trinajstić information content (AvgIpc) is 2.46. The van der Waals surface area contributed by atoms with Crippen LogP contribution >= 0.6 is 15.9 Å². The molecule has 0 bridgehead atoms. The third kappa shape index (κ3) is 4.08. The molecule has 0 atom stereocenters. The molecule has 0 heterocycles. The Hall–Kier alpha value is -0.830. The van der Waals surface area contributed by atoms with Crippen molar-refractivity contribution >= 4 is 21.7 Å². The second-order valence-electron chi connectivity index (χ2n) is 5.93. The van der Waals surface area contributed by atoms with Crippen LogP contribution in [0, 0.1) is 5.92 Å². The molecule has 2 nitrogen and oxygen atoms in total. The number of ether oxygens (including phenoxy) is 1. The lowest BCUT2D eigenvalue weighted by Crippen LogP contribution is -2.23. The molecule has 0 radical (unpaired) electrons. The van der Waals surface area contributed by atoms with Gasteiger partial charge in [-0.05, 0) is 42.5 Å². The molecule has 20 heavy (non-hydrogen) atoms. The van der Waals surface area contributed by atoms with Gasteiger partial charge in [0.2, 0.25) is 0 Å². The van der Waals surface area contributed by atoms with Crippen LogP contribution in [0.3, 0.4) is 0 Å². The number of ketones is 1. The van der Waals surface area contributed by atoms with Gasteiger partial charge < -0.3 is 4.74 Å². The van der Waals surface area contributed by atoms with Crippen molar-refractivity contribution in [3.63, 3.8) is 0 Å². The van der Waals surface area contributed by atoms with E-state index in [-0.39, 0.29) is 18.3 Å². The molecule has 2 rings (SSSR count). The van der Waals surface area contributed by atoms with Crippen LogP contribution in [0.5, 0.6) is 5.75 Å². The van der Waals surface area contributed by atoms with Gasteiger partial charge in [0.1, 0.15) is 12.4 Å². The maximum absolute atomic E-state index is 12.2. The Morgan fingerprint density at radius 1 is 1.30 bits per heavy atom. The van der Waals surface area contributed by atoms with Gasteiger partial charge in [0.05, 0.1) is 0 Å². The van der Waals surface area contributed by atoms with E-state index < -0.39 is 0 Å². The fourth-order valence-electron chi connectivity index (χ4n) is 2.79. The van der Waals surface area contributed by atoms with Crippen LogP contribution < -0.4 is 4.74 Å². The molecule has 0 amide bonds. The first kappa shape index (κ1) is 15.6. The summed E-state index contributed by atoms with van der Waals surface area (Å²) in [6.07, 6.45) is 5.73. The molecule has 1 saturated carbocycles. The average molecular weight is 339 g/mol. The van der Waals surface area contributed by atoms with Crippen molar-refractivity contribution in [2.24, 2.45) is 5.92 Å². The van der Waals surface area contributed by atoms with Crippen molar-refractivity contribution in [1.29, 1.82) is 0 Å². The van der Waals surface area contributed by atoms with Crippen LogP contribution in [0.25, 0.3) is 0 Å². The number of carbonyl (C=O) groups is 1. The highest BCUT2D eigenvalue weighted by Crippen LogP contribution is 2.30. The molecular weight excluding hydrogens is 316 g/mol. The molecule has 0 aliphatic heterocycles. The Labute approximate surface area is 130 Å². The Morgan fingerprint density at radius 3 is 2.65 bits per heavy atom. The number of hydrogen-bond donors (Lipinski definition) is 0. The molecule has 3 heteroatoms. The zero-order valence-corrected chi connectivity index (χ0v) is 13.9. The van der Waals surface area contributed by atoms with Crippen LogP contribution in [0.1, 0.15) is 57.4 Å². The van der Waals surface area contributed by atoms with Crippen molar-refractivity contribution in [2.45, 2.75) is 51.9 Å². The van der Waals surface area contributed by atoms with Crippen LogP contribution in [0.15, 0.2) is 22.7 Å². The highest BCUT2D eigenvalue weighted by atomic mass is 79.9. The van der Waals surface area contributed by atoms with Crippen molar-refractivity contribution in [3.05, 3.63) is 28.2 Å². The number of halogens is 1. The van der Waals surface area contributed by atoms with Crippen molar-refractivity contribution < 1.29 is 9.53 Å². The zero-order chi connectivity index (χ0) is 14.5. The van der Waals surface area contributed by atoms with Gasteiger partial charge in [-0.2, -0.15) is 0 Å². The molecule has 1 aromatic rings. The quantitative estimate of drug-likeness (QED) is 0.746. The van der Waals surface area contributed by atoms with E-state index in [0.29, 0.717) is 5.92 Å². The highest BCUT2D eigenvalue weighted by molar-refractivity contribution is 9.10.